The lowest BCUT2D eigenvalue weighted by Crippen LogP contribution is -2.12. The molecule has 0 amide bonds. The van der Waals surface area contributed by atoms with Crippen LogP contribution < -0.4 is 0 Å². The molecule has 4 aromatic heterocycles. The molecule has 1 N–H and O–H groups in total. The number of hydrogen-bond donors (Lipinski definition) is 1. The highest BCUT2D eigenvalue weighted by Crippen LogP contribution is 2.31. The van der Waals surface area contributed by atoms with Gasteiger partial charge in [-0.25, -0.2) is 17.6 Å². The molecule has 6 rings (SSSR count). The molecule has 0 atom stereocenters. The number of H-pyrrole nitrogens is 1. The van der Waals surface area contributed by atoms with Crippen molar-refractivity contribution >= 4 is 28.5 Å². The van der Waals surface area contributed by atoms with E-state index in [1.54, 1.807) is 10.8 Å². The van der Waals surface area contributed by atoms with E-state index in [4.69, 9.17) is 9.97 Å². The molecule has 0 unspecified atom stereocenters. The predicted octanol–water partition coefficient (Wildman–Crippen LogP) is 6.51. The molecule has 0 saturated carbocycles. The van der Waals surface area contributed by atoms with Crippen LogP contribution in [0.15, 0.2) is 97.5 Å². The van der Waals surface area contributed by atoms with E-state index in [9.17, 15) is 0 Å². The molecular weight excluding hydrogens is 573 g/mol. The number of aromatic nitrogens is 6. The molecule has 0 bridgehead atoms. The summed E-state index contributed by atoms with van der Waals surface area (Å²) in [7, 11) is 0. The van der Waals surface area contributed by atoms with Gasteiger partial charge in [0.15, 0.2) is 5.65 Å². The summed E-state index contributed by atoms with van der Waals surface area (Å²) in [5, 5.41) is 4.30. The van der Waals surface area contributed by atoms with E-state index >= 15 is 0 Å². The van der Waals surface area contributed by atoms with Gasteiger partial charge in [-0.05, 0) is 47.9 Å². The first-order valence-electron chi connectivity index (χ1n) is 12.0. The summed E-state index contributed by atoms with van der Waals surface area (Å²) in [5.74, 6) is 0.874. The molecule has 8 heteroatoms. The van der Waals surface area contributed by atoms with Gasteiger partial charge in [-0.2, -0.15) is 5.10 Å². The minimum Gasteiger partial charge on any atom is -0.339 e. The Morgan fingerprint density at radius 3 is 2.54 bits per heavy atom. The number of benzene rings is 2. The Morgan fingerprint density at radius 2 is 1.68 bits per heavy atom. The summed E-state index contributed by atoms with van der Waals surface area (Å²) >= 11 is 2.39. The van der Waals surface area contributed by atoms with E-state index in [0.717, 1.165) is 46.4 Å². The second kappa shape index (κ2) is 10.2. The van der Waals surface area contributed by atoms with Crippen LogP contribution >= 0.6 is 22.9 Å². The van der Waals surface area contributed by atoms with Crippen LogP contribution in [-0.2, 0) is 13.1 Å². The predicted molar refractivity (Wildman–Crippen MR) is 154 cm³/mol. The third kappa shape index (κ3) is 5.03. The molecular formula is C29H24IN7. The Balaban J connectivity index is 1.33. The highest BCUT2D eigenvalue weighted by atomic mass is 127. The van der Waals surface area contributed by atoms with Gasteiger partial charge in [0.1, 0.15) is 12.2 Å². The maximum atomic E-state index is 5.04. The number of pyridine rings is 2. The van der Waals surface area contributed by atoms with Crippen LogP contribution in [-0.4, -0.2) is 32.7 Å². The fourth-order valence-electron chi connectivity index (χ4n) is 4.49. The van der Waals surface area contributed by atoms with Crippen LogP contribution in [0, 0.1) is 6.92 Å². The topological polar surface area (TPSA) is 75.0 Å². The number of halogens is 1. The molecule has 0 fully saturated rings. The fourth-order valence-corrected chi connectivity index (χ4v) is 5.18. The molecule has 0 aliphatic rings. The quantitative estimate of drug-likeness (QED) is 0.168. The molecule has 0 aliphatic heterocycles. The standard InChI is InChI=1S/C29H24IN7/c1-20-8-7-13-25(33-20)29-28(23-14-15-27-31-19-32-37(27)17-23)34-26(35-29)18-36(30)16-22-11-5-6-12-24(22)21-9-3-2-4-10-21/h2-15,17,19H,16,18H2,1H3,(H,34,35). The second-order valence-electron chi connectivity index (χ2n) is 8.85. The normalized spacial score (nSPS) is 11.4. The van der Waals surface area contributed by atoms with Gasteiger partial charge in [-0.3, -0.25) is 4.98 Å². The van der Waals surface area contributed by atoms with E-state index in [0.29, 0.717) is 6.54 Å². The molecule has 6 aromatic rings. The van der Waals surface area contributed by atoms with Crippen molar-refractivity contribution < 1.29 is 0 Å². The van der Waals surface area contributed by atoms with Crippen molar-refractivity contribution in [2.75, 3.05) is 0 Å². The third-order valence-electron chi connectivity index (χ3n) is 6.21. The Morgan fingerprint density at radius 1 is 0.838 bits per heavy atom. The van der Waals surface area contributed by atoms with E-state index < -0.39 is 0 Å². The van der Waals surface area contributed by atoms with Crippen molar-refractivity contribution in [3.05, 3.63) is 115 Å². The van der Waals surface area contributed by atoms with Crippen LogP contribution in [0.5, 0.6) is 0 Å². The van der Waals surface area contributed by atoms with Crippen LogP contribution in [0.4, 0.5) is 0 Å². The molecule has 0 spiro atoms. The van der Waals surface area contributed by atoms with Gasteiger partial charge in [-0.15, -0.1) is 0 Å². The Hall–Kier alpha value is -3.89. The number of rotatable bonds is 7. The maximum Gasteiger partial charge on any atom is 0.155 e. The highest BCUT2D eigenvalue weighted by Gasteiger charge is 2.18. The van der Waals surface area contributed by atoms with Gasteiger partial charge in [0.25, 0.3) is 0 Å². The van der Waals surface area contributed by atoms with E-state index in [1.807, 2.05) is 49.5 Å². The zero-order valence-corrected chi connectivity index (χ0v) is 22.4. The first kappa shape index (κ1) is 23.5. The van der Waals surface area contributed by atoms with Crippen LogP contribution in [0.1, 0.15) is 17.1 Å². The lowest BCUT2D eigenvalue weighted by molar-refractivity contribution is 0.490. The van der Waals surface area contributed by atoms with Gasteiger partial charge in [-0.1, -0.05) is 60.7 Å². The SMILES string of the molecule is Cc1cccc(-c2[nH]c(CN(I)Cc3ccccc3-c3ccccc3)nc2-c2ccc3ncnn3c2)n1. The fraction of sp³-hybridized carbons (Fsp3) is 0.103. The van der Waals surface area contributed by atoms with Crippen LogP contribution in [0.2, 0.25) is 0 Å². The summed E-state index contributed by atoms with van der Waals surface area (Å²) in [6.45, 7) is 3.43. The van der Waals surface area contributed by atoms with Crippen LogP contribution in [0.25, 0.3) is 39.4 Å². The Kier molecular flexibility index (Phi) is 6.50. The largest absolute Gasteiger partial charge is 0.339 e. The number of imidazole rings is 1. The van der Waals surface area contributed by atoms with Gasteiger partial charge in [0.2, 0.25) is 0 Å². The number of nitrogens with zero attached hydrogens (tertiary/aromatic N) is 6. The zero-order chi connectivity index (χ0) is 25.2. The van der Waals surface area contributed by atoms with Gasteiger partial charge in [0, 0.05) is 46.9 Å². The Labute approximate surface area is 228 Å². The second-order valence-corrected chi connectivity index (χ2v) is 10.2. The number of aryl methyl sites for hydroxylation is 1. The summed E-state index contributed by atoms with van der Waals surface area (Å²) in [5.41, 5.74) is 9.05. The lowest BCUT2D eigenvalue weighted by atomic mass is 10.00. The van der Waals surface area contributed by atoms with Crippen molar-refractivity contribution in [3.63, 3.8) is 0 Å². The van der Waals surface area contributed by atoms with Crippen molar-refractivity contribution in [2.45, 2.75) is 20.0 Å². The zero-order valence-electron chi connectivity index (χ0n) is 20.2. The summed E-state index contributed by atoms with van der Waals surface area (Å²) in [6.07, 6.45) is 3.51. The number of fused-ring (bicyclic) bond motifs is 1. The monoisotopic (exact) mass is 597 g/mol. The summed E-state index contributed by atoms with van der Waals surface area (Å²) in [6, 6.07) is 29.1. The number of nitrogens with one attached hydrogen (secondary N) is 1. The molecule has 0 aliphatic carbocycles. The average Bonchev–Trinajstić information content (AvgIpc) is 3.56. The Bertz CT molecular complexity index is 1670. The maximum absolute atomic E-state index is 5.04. The average molecular weight is 597 g/mol. The molecule has 4 heterocycles. The van der Waals surface area contributed by atoms with Gasteiger partial charge >= 0.3 is 0 Å². The minimum absolute atomic E-state index is 0.647. The van der Waals surface area contributed by atoms with Crippen molar-refractivity contribution in [1.29, 1.82) is 0 Å². The van der Waals surface area contributed by atoms with Crippen molar-refractivity contribution in [1.82, 2.24) is 32.7 Å². The van der Waals surface area contributed by atoms with Gasteiger partial charge < -0.3 is 4.98 Å². The van der Waals surface area contributed by atoms with Crippen molar-refractivity contribution in [3.8, 4) is 33.8 Å². The smallest absolute Gasteiger partial charge is 0.155 e. The summed E-state index contributed by atoms with van der Waals surface area (Å²) < 4.78 is 4.01. The first-order valence-corrected chi connectivity index (χ1v) is 13.0. The molecule has 0 radical (unpaired) electrons. The van der Waals surface area contributed by atoms with E-state index in [2.05, 4.69) is 89.6 Å². The first-order chi connectivity index (χ1) is 18.1. The van der Waals surface area contributed by atoms with E-state index in [-0.39, 0.29) is 0 Å². The third-order valence-corrected chi connectivity index (χ3v) is 6.89. The number of hydrogen-bond acceptors (Lipinski definition) is 5. The molecule has 2 aromatic carbocycles. The molecule has 7 nitrogen and oxygen atoms in total. The molecule has 182 valence electrons. The number of aromatic amines is 1. The lowest BCUT2D eigenvalue weighted by Gasteiger charge is -2.16. The van der Waals surface area contributed by atoms with E-state index in [1.165, 1.54) is 16.7 Å². The molecule has 37 heavy (non-hydrogen) atoms. The summed E-state index contributed by atoms with van der Waals surface area (Å²) in [4.78, 5) is 17.6. The molecule has 0 saturated heterocycles. The highest BCUT2D eigenvalue weighted by molar-refractivity contribution is 14.1. The van der Waals surface area contributed by atoms with Crippen LogP contribution in [0.3, 0.4) is 0 Å². The van der Waals surface area contributed by atoms with Crippen molar-refractivity contribution in [2.24, 2.45) is 0 Å². The minimum atomic E-state index is 0.647. The van der Waals surface area contributed by atoms with Gasteiger partial charge in [0.05, 0.1) is 23.6 Å².